The van der Waals surface area contributed by atoms with Crippen molar-refractivity contribution in [2.24, 2.45) is 0 Å². The Balaban J connectivity index is 0.639. The van der Waals surface area contributed by atoms with Crippen LogP contribution in [0.1, 0.15) is 31.1 Å². The molecule has 16 aromatic rings. The van der Waals surface area contributed by atoms with Crippen LogP contribution in [-0.4, -0.2) is 77.7 Å². The van der Waals surface area contributed by atoms with Gasteiger partial charge in [-0.05, 0) is 127 Å². The molecule has 0 spiro atoms. The molecule has 0 aliphatic heterocycles. The summed E-state index contributed by atoms with van der Waals surface area (Å²) >= 11 is 0. The zero-order chi connectivity index (χ0) is 70.8. The van der Waals surface area contributed by atoms with Gasteiger partial charge >= 0.3 is 17.9 Å². The van der Waals surface area contributed by atoms with Gasteiger partial charge in [-0.3, -0.25) is 15.0 Å². The molecule has 0 saturated carbocycles. The largest absolute Gasteiger partial charge is 0.423 e. The Kier molecular flexibility index (Phi) is 18.2. The highest BCUT2D eigenvalue weighted by atomic mass is 16.5. The monoisotopic (exact) mass is 1360 g/mol. The summed E-state index contributed by atoms with van der Waals surface area (Å²) in [4.78, 5) is 101. The highest BCUT2D eigenvalue weighted by Crippen LogP contribution is 2.33. The van der Waals surface area contributed by atoms with Gasteiger partial charge in [-0.25, -0.2) is 59.2 Å². The van der Waals surface area contributed by atoms with E-state index < -0.39 is 17.9 Å². The van der Waals surface area contributed by atoms with Gasteiger partial charge in [-0.2, -0.15) is 0 Å². The van der Waals surface area contributed by atoms with E-state index in [4.69, 9.17) is 74.0 Å². The number of aromatic nitrogens is 12. The molecule has 0 unspecified atom stereocenters. The minimum absolute atomic E-state index is 0.133. The molecule has 18 nitrogen and oxygen atoms in total. The van der Waals surface area contributed by atoms with E-state index in [1.807, 2.05) is 218 Å². The molecule has 6 heterocycles. The second kappa shape index (κ2) is 29.5. The minimum atomic E-state index is -0.866. The number of benzene rings is 10. The van der Waals surface area contributed by atoms with Crippen LogP contribution >= 0.6 is 0 Å². The topological polar surface area (TPSA) is 234 Å². The third-order valence-electron chi connectivity index (χ3n) is 16.9. The maximum absolute atomic E-state index is 14.3. The number of carbonyl (C=O) groups is 3. The predicted molar refractivity (Wildman–Crippen MR) is 399 cm³/mol. The van der Waals surface area contributed by atoms with Gasteiger partial charge in [-0.1, -0.05) is 182 Å². The summed E-state index contributed by atoms with van der Waals surface area (Å²) in [5, 5.41) is 0. The SMILES string of the molecule is O=C(Oc1ccc(-c2ccc(-c3nc(-c4ccccc4)nc(-c4ccccc4)n3)cn2)cc1)c1cc(C(=O)Oc2ccc(-c3ccc(-c4nc(-c5ccccc5)nc(-c5ccccc5)n4)cn3)cc2)cc(C(=O)Oc2ccc(-c3ccc(-c4nc(-c5ccccc5)nc(-c5ccccc5)n4)cn3)cc2)c1. The molecule has 16 rings (SSSR count). The van der Waals surface area contributed by atoms with Crippen LogP contribution in [-0.2, 0) is 0 Å². The van der Waals surface area contributed by atoms with E-state index >= 15 is 0 Å². The summed E-state index contributed by atoms with van der Waals surface area (Å²) in [6, 6.07) is 93.8. The lowest BCUT2D eigenvalue weighted by Gasteiger charge is -2.11. The maximum Gasteiger partial charge on any atom is 0.343 e. The summed E-state index contributed by atoms with van der Waals surface area (Å²) in [6.07, 6.45) is 5.11. The number of esters is 3. The number of ether oxygens (including phenoxy) is 3. The lowest BCUT2D eigenvalue weighted by molar-refractivity contribution is 0.0734. The van der Waals surface area contributed by atoms with Gasteiger partial charge in [0, 0.05) is 85.4 Å². The van der Waals surface area contributed by atoms with Crippen LogP contribution in [0.2, 0.25) is 0 Å². The maximum atomic E-state index is 14.3. The van der Waals surface area contributed by atoms with Crippen molar-refractivity contribution in [3.05, 3.63) is 345 Å². The molecule has 0 amide bonds. The van der Waals surface area contributed by atoms with E-state index in [1.165, 1.54) is 18.2 Å². The number of pyridine rings is 3. The van der Waals surface area contributed by atoms with Gasteiger partial charge in [0.05, 0.1) is 33.8 Å². The van der Waals surface area contributed by atoms with Crippen molar-refractivity contribution >= 4 is 17.9 Å². The number of hydrogen-bond donors (Lipinski definition) is 0. The Labute approximate surface area is 601 Å². The highest BCUT2D eigenvalue weighted by Gasteiger charge is 2.23. The third-order valence-corrected chi connectivity index (χ3v) is 16.9. The Morgan fingerprint density at radius 3 is 0.552 bits per heavy atom. The lowest BCUT2D eigenvalue weighted by Crippen LogP contribution is -2.16. The quantitative estimate of drug-likeness (QED) is 0.0573. The fourth-order valence-corrected chi connectivity index (χ4v) is 11.5. The van der Waals surface area contributed by atoms with E-state index in [9.17, 15) is 14.4 Å². The fraction of sp³-hybridized carbons (Fsp3) is 0. The molecular weight excluding hydrogens is 1310 g/mol. The van der Waals surface area contributed by atoms with Crippen molar-refractivity contribution in [2.75, 3.05) is 0 Å². The molecule has 0 aliphatic carbocycles. The molecule has 0 radical (unpaired) electrons. The third kappa shape index (κ3) is 14.9. The zero-order valence-electron chi connectivity index (χ0n) is 55.5. The Bertz CT molecular complexity index is 5040. The van der Waals surface area contributed by atoms with Crippen LogP contribution in [0.15, 0.2) is 328 Å². The summed E-state index contributed by atoms with van der Waals surface area (Å²) < 4.78 is 17.8. The Hall–Kier alpha value is -14.9. The second-order valence-electron chi connectivity index (χ2n) is 24.0. The van der Waals surface area contributed by atoms with Gasteiger partial charge in [0.25, 0.3) is 0 Å². The van der Waals surface area contributed by atoms with Crippen LogP contribution in [0.5, 0.6) is 17.2 Å². The molecule has 18 heteroatoms. The number of carbonyl (C=O) groups excluding carboxylic acids is 3. The zero-order valence-corrected chi connectivity index (χ0v) is 55.5. The summed E-state index contributed by atoms with van der Waals surface area (Å²) in [5.74, 6) is 2.48. The smallest absolute Gasteiger partial charge is 0.343 e. The predicted octanol–water partition coefficient (Wildman–Crippen LogP) is 18.1. The normalized spacial score (nSPS) is 11.0. The average molecular weight is 1360 g/mol. The second-order valence-corrected chi connectivity index (χ2v) is 24.0. The molecular formula is C87H54N12O6. The highest BCUT2D eigenvalue weighted by molar-refractivity contribution is 6.02. The molecule has 6 aromatic heterocycles. The Morgan fingerprint density at radius 2 is 0.371 bits per heavy atom. The van der Waals surface area contributed by atoms with E-state index in [0.717, 1.165) is 50.1 Å². The van der Waals surface area contributed by atoms with Gasteiger partial charge < -0.3 is 14.2 Å². The van der Waals surface area contributed by atoms with Crippen molar-refractivity contribution in [3.8, 4) is 154 Å². The summed E-state index contributed by atoms with van der Waals surface area (Å²) in [5.41, 5.74) is 10.8. The summed E-state index contributed by atoms with van der Waals surface area (Å²) in [7, 11) is 0. The van der Waals surface area contributed by atoms with Crippen LogP contribution < -0.4 is 14.2 Å². The van der Waals surface area contributed by atoms with E-state index in [-0.39, 0.29) is 33.9 Å². The molecule has 0 bridgehead atoms. The first-order chi connectivity index (χ1) is 51.7. The van der Waals surface area contributed by atoms with Crippen molar-refractivity contribution < 1.29 is 28.6 Å². The van der Waals surface area contributed by atoms with Crippen molar-refractivity contribution in [3.63, 3.8) is 0 Å². The first-order valence-corrected chi connectivity index (χ1v) is 33.3. The van der Waals surface area contributed by atoms with Crippen LogP contribution in [0, 0.1) is 0 Å². The van der Waals surface area contributed by atoms with E-state index in [1.54, 1.807) is 91.4 Å². The van der Waals surface area contributed by atoms with Crippen molar-refractivity contribution in [1.29, 1.82) is 0 Å². The first kappa shape index (κ1) is 64.7. The van der Waals surface area contributed by atoms with Crippen LogP contribution in [0.3, 0.4) is 0 Å². The molecule has 498 valence electrons. The van der Waals surface area contributed by atoms with Gasteiger partial charge in [0.1, 0.15) is 17.2 Å². The minimum Gasteiger partial charge on any atom is -0.423 e. The average Bonchev–Trinajstić information content (AvgIpc) is 0.803. The molecule has 0 N–H and O–H groups in total. The molecule has 105 heavy (non-hydrogen) atoms. The van der Waals surface area contributed by atoms with Crippen molar-refractivity contribution in [1.82, 2.24) is 59.8 Å². The number of nitrogens with zero attached hydrogens (tertiary/aromatic N) is 12. The fourth-order valence-electron chi connectivity index (χ4n) is 11.5. The van der Waals surface area contributed by atoms with E-state index in [0.29, 0.717) is 86.2 Å². The standard InChI is InChI=1S/C87H54N12O6/c100-85(103-70-40-31-55(32-41-70)73-46-37-64(52-88-73)82-94-76(58-19-7-1-8-20-58)91-77(95-82)59-21-9-2-10-22-59)67-49-68(86(101)104-71-42-33-56(34-43-71)74-47-38-65(53-89-74)83-96-78(60-23-11-3-12-24-60)92-79(97-83)61-25-13-4-14-26-61)51-69(50-67)87(102)105-72-44-35-57(36-45-72)75-48-39-66(54-90-75)84-98-80(62-27-15-5-16-28-62)93-81(99-84)63-29-17-6-18-30-63/h1-54H. The van der Waals surface area contributed by atoms with Crippen LogP contribution in [0.25, 0.3) is 136 Å². The van der Waals surface area contributed by atoms with Crippen LogP contribution in [0.4, 0.5) is 0 Å². The van der Waals surface area contributed by atoms with Crippen molar-refractivity contribution in [2.45, 2.75) is 0 Å². The Morgan fingerprint density at radius 1 is 0.190 bits per heavy atom. The molecule has 0 saturated heterocycles. The number of rotatable bonds is 18. The first-order valence-electron chi connectivity index (χ1n) is 33.3. The van der Waals surface area contributed by atoms with Gasteiger partial charge in [-0.15, -0.1) is 0 Å². The lowest BCUT2D eigenvalue weighted by atomic mass is 10.1. The molecule has 10 aromatic carbocycles. The van der Waals surface area contributed by atoms with E-state index in [2.05, 4.69) is 0 Å². The molecule has 0 aliphatic rings. The van der Waals surface area contributed by atoms with Gasteiger partial charge in [0.2, 0.25) is 0 Å². The van der Waals surface area contributed by atoms with Gasteiger partial charge in [0.15, 0.2) is 52.4 Å². The molecule has 0 atom stereocenters. The molecule has 0 fully saturated rings. The summed E-state index contributed by atoms with van der Waals surface area (Å²) in [6.45, 7) is 0. The number of hydrogen-bond acceptors (Lipinski definition) is 18.